The third-order valence-electron chi connectivity index (χ3n) is 3.47. The summed E-state index contributed by atoms with van der Waals surface area (Å²) < 4.78 is 2.37. The molecule has 2 fully saturated rings. The van der Waals surface area contributed by atoms with Crippen molar-refractivity contribution in [3.05, 3.63) is 11.6 Å². The fourth-order valence-corrected chi connectivity index (χ4v) is 2.52. The predicted octanol–water partition coefficient (Wildman–Crippen LogP) is 1.39. The van der Waals surface area contributed by atoms with E-state index < -0.39 is 0 Å². The van der Waals surface area contributed by atoms with Crippen LogP contribution < -0.4 is 5.32 Å². The average Bonchev–Trinajstić information content (AvgIpc) is 3.03. The Balaban J connectivity index is 1.89. The number of rotatable bonds is 2. The number of nitrogens with zero attached hydrogens (tertiary/aromatic N) is 3. The van der Waals surface area contributed by atoms with E-state index in [2.05, 4.69) is 27.0 Å². The highest BCUT2D eigenvalue weighted by Gasteiger charge is 2.31. The highest BCUT2D eigenvalue weighted by molar-refractivity contribution is 5.07. The molecule has 1 saturated heterocycles. The number of hydrogen-bond donors (Lipinski definition) is 1. The summed E-state index contributed by atoms with van der Waals surface area (Å²) >= 11 is 0. The van der Waals surface area contributed by atoms with Crippen molar-refractivity contribution in [3.63, 3.8) is 0 Å². The minimum atomic E-state index is 0.584. The van der Waals surface area contributed by atoms with E-state index in [1.54, 1.807) is 0 Å². The second-order valence-electron chi connectivity index (χ2n) is 4.75. The van der Waals surface area contributed by atoms with Gasteiger partial charge >= 0.3 is 0 Å². The number of aromatic nitrogens is 3. The molecule has 0 unspecified atom stereocenters. The molecule has 1 aromatic rings. The molecule has 82 valence electrons. The molecule has 0 radical (unpaired) electrons. The van der Waals surface area contributed by atoms with E-state index in [1.165, 1.54) is 31.5 Å². The normalized spacial score (nSPS) is 26.9. The molecule has 0 amide bonds. The molecular weight excluding hydrogens is 188 g/mol. The van der Waals surface area contributed by atoms with Crippen LogP contribution in [0.1, 0.15) is 49.3 Å². The average molecular weight is 206 g/mol. The lowest BCUT2D eigenvalue weighted by Crippen LogP contribution is -2.30. The molecule has 1 aliphatic carbocycles. The van der Waals surface area contributed by atoms with Crippen LogP contribution in [0, 0.1) is 6.92 Å². The Bertz CT molecular complexity index is 347. The van der Waals surface area contributed by atoms with Crippen LogP contribution in [0.25, 0.3) is 0 Å². The maximum atomic E-state index is 4.37. The lowest BCUT2D eigenvalue weighted by atomic mass is 9.99. The van der Waals surface area contributed by atoms with Crippen LogP contribution in [-0.2, 0) is 0 Å². The lowest BCUT2D eigenvalue weighted by Gasteiger charge is -2.22. The van der Waals surface area contributed by atoms with E-state index in [0.717, 1.165) is 18.9 Å². The van der Waals surface area contributed by atoms with E-state index in [4.69, 9.17) is 0 Å². The Labute approximate surface area is 90.1 Å². The van der Waals surface area contributed by atoms with Crippen molar-refractivity contribution in [2.45, 2.75) is 44.6 Å². The zero-order valence-corrected chi connectivity index (χ0v) is 9.24. The largest absolute Gasteiger partial charge is 0.316 e. The van der Waals surface area contributed by atoms with Crippen LogP contribution >= 0.6 is 0 Å². The Morgan fingerprint density at radius 3 is 2.80 bits per heavy atom. The van der Waals surface area contributed by atoms with Crippen molar-refractivity contribution in [1.82, 2.24) is 20.1 Å². The first-order chi connectivity index (χ1) is 7.36. The van der Waals surface area contributed by atoms with Crippen molar-refractivity contribution in [3.8, 4) is 0 Å². The first-order valence-electron chi connectivity index (χ1n) is 5.98. The molecule has 1 N–H and O–H groups in total. The van der Waals surface area contributed by atoms with Crippen LogP contribution in [0.2, 0.25) is 0 Å². The zero-order chi connectivity index (χ0) is 10.3. The van der Waals surface area contributed by atoms with Crippen molar-refractivity contribution in [2.75, 3.05) is 13.1 Å². The Morgan fingerprint density at radius 2 is 2.13 bits per heavy atom. The summed E-state index contributed by atoms with van der Waals surface area (Å²) in [6.45, 7) is 4.31. The molecule has 0 bridgehead atoms. The monoisotopic (exact) mass is 206 g/mol. The predicted molar refractivity (Wildman–Crippen MR) is 57.9 cm³/mol. The topological polar surface area (TPSA) is 42.7 Å². The van der Waals surface area contributed by atoms with Gasteiger partial charge in [0.2, 0.25) is 0 Å². The molecule has 1 atom stereocenters. The van der Waals surface area contributed by atoms with Gasteiger partial charge in [-0.2, -0.15) is 0 Å². The fraction of sp³-hybridized carbons (Fsp3) is 0.818. The summed E-state index contributed by atoms with van der Waals surface area (Å²) in [6.07, 6.45) is 5.15. The highest BCUT2D eigenvalue weighted by Crippen LogP contribution is 2.38. The highest BCUT2D eigenvalue weighted by atomic mass is 15.3. The van der Waals surface area contributed by atoms with Gasteiger partial charge in [-0.05, 0) is 39.2 Å². The summed E-state index contributed by atoms with van der Waals surface area (Å²) in [6, 6.07) is 0.705. The molecule has 0 aromatic carbocycles. The summed E-state index contributed by atoms with van der Waals surface area (Å²) in [5.41, 5.74) is 0. The van der Waals surface area contributed by atoms with E-state index in [1.807, 2.05) is 0 Å². The molecule has 2 heterocycles. The van der Waals surface area contributed by atoms with Gasteiger partial charge in [0.1, 0.15) is 11.6 Å². The molecule has 15 heavy (non-hydrogen) atoms. The lowest BCUT2D eigenvalue weighted by molar-refractivity contribution is 0.431. The summed E-state index contributed by atoms with van der Waals surface area (Å²) in [5, 5.41) is 12.1. The molecule has 2 aliphatic rings. The van der Waals surface area contributed by atoms with Gasteiger partial charge in [-0.25, -0.2) is 0 Å². The SMILES string of the molecule is Cc1nnc([C@@H]2CCCNC2)n1C1CC1. The van der Waals surface area contributed by atoms with E-state index in [9.17, 15) is 0 Å². The maximum absolute atomic E-state index is 4.37. The number of piperidine rings is 1. The van der Waals surface area contributed by atoms with Crippen LogP contribution in [-0.4, -0.2) is 27.9 Å². The van der Waals surface area contributed by atoms with Crippen LogP contribution in [0.4, 0.5) is 0 Å². The van der Waals surface area contributed by atoms with Crippen molar-refractivity contribution in [2.24, 2.45) is 0 Å². The molecule has 4 heteroatoms. The zero-order valence-electron chi connectivity index (χ0n) is 9.24. The van der Waals surface area contributed by atoms with Crippen molar-refractivity contribution < 1.29 is 0 Å². The van der Waals surface area contributed by atoms with Gasteiger partial charge in [0.15, 0.2) is 0 Å². The third-order valence-corrected chi connectivity index (χ3v) is 3.47. The Morgan fingerprint density at radius 1 is 1.27 bits per heavy atom. The molecule has 1 saturated carbocycles. The molecule has 1 aromatic heterocycles. The molecule has 4 nitrogen and oxygen atoms in total. The van der Waals surface area contributed by atoms with E-state index in [-0.39, 0.29) is 0 Å². The summed E-state index contributed by atoms with van der Waals surface area (Å²) in [5.74, 6) is 2.90. The second kappa shape index (κ2) is 3.59. The quantitative estimate of drug-likeness (QED) is 0.795. The third kappa shape index (κ3) is 1.67. The van der Waals surface area contributed by atoms with E-state index in [0.29, 0.717) is 12.0 Å². The Hall–Kier alpha value is -0.900. The van der Waals surface area contributed by atoms with Gasteiger partial charge in [0.05, 0.1) is 0 Å². The van der Waals surface area contributed by atoms with Gasteiger partial charge in [-0.15, -0.1) is 10.2 Å². The molecule has 3 rings (SSSR count). The molecule has 0 spiro atoms. The number of aryl methyl sites for hydroxylation is 1. The summed E-state index contributed by atoms with van der Waals surface area (Å²) in [4.78, 5) is 0. The number of nitrogens with one attached hydrogen (secondary N) is 1. The van der Waals surface area contributed by atoms with Gasteiger partial charge in [0.25, 0.3) is 0 Å². The van der Waals surface area contributed by atoms with E-state index >= 15 is 0 Å². The van der Waals surface area contributed by atoms with Gasteiger partial charge in [-0.1, -0.05) is 0 Å². The van der Waals surface area contributed by atoms with Crippen LogP contribution in [0.5, 0.6) is 0 Å². The first-order valence-corrected chi connectivity index (χ1v) is 5.98. The smallest absolute Gasteiger partial charge is 0.137 e. The standard InChI is InChI=1S/C11H18N4/c1-8-13-14-11(15(8)10-4-5-10)9-3-2-6-12-7-9/h9-10,12H,2-7H2,1H3/t9-/m1/s1. The van der Waals surface area contributed by atoms with Gasteiger partial charge in [-0.3, -0.25) is 0 Å². The minimum absolute atomic E-state index is 0.584. The van der Waals surface area contributed by atoms with Crippen molar-refractivity contribution in [1.29, 1.82) is 0 Å². The van der Waals surface area contributed by atoms with Gasteiger partial charge in [0, 0.05) is 18.5 Å². The molecular formula is C11H18N4. The van der Waals surface area contributed by atoms with Crippen molar-refractivity contribution >= 4 is 0 Å². The summed E-state index contributed by atoms with van der Waals surface area (Å²) in [7, 11) is 0. The minimum Gasteiger partial charge on any atom is -0.316 e. The van der Waals surface area contributed by atoms with Gasteiger partial charge < -0.3 is 9.88 Å². The van der Waals surface area contributed by atoms with Crippen LogP contribution in [0.3, 0.4) is 0 Å². The molecule has 1 aliphatic heterocycles. The Kier molecular flexibility index (Phi) is 2.24. The number of hydrogen-bond acceptors (Lipinski definition) is 3. The second-order valence-corrected chi connectivity index (χ2v) is 4.75. The fourth-order valence-electron chi connectivity index (χ4n) is 2.52. The first kappa shape index (κ1) is 9.33. The van der Waals surface area contributed by atoms with Crippen LogP contribution in [0.15, 0.2) is 0 Å². The maximum Gasteiger partial charge on any atom is 0.137 e.